The van der Waals surface area contributed by atoms with E-state index in [-0.39, 0.29) is 24.4 Å². The van der Waals surface area contributed by atoms with Gasteiger partial charge in [-0.25, -0.2) is 0 Å². The average molecular weight is 497 g/mol. The van der Waals surface area contributed by atoms with Gasteiger partial charge in [0.05, 0.1) is 13.2 Å². The lowest BCUT2D eigenvalue weighted by atomic mass is 10.00. The number of nitrogens with two attached hydrogens (primary N) is 1. The molecule has 0 unspecified atom stereocenters. The summed E-state index contributed by atoms with van der Waals surface area (Å²) in [5.41, 5.74) is 8.98. The van der Waals surface area contributed by atoms with Crippen molar-refractivity contribution in [3.63, 3.8) is 0 Å². The van der Waals surface area contributed by atoms with Crippen LogP contribution in [0.1, 0.15) is 32.0 Å². The third kappa shape index (κ3) is 5.18. The van der Waals surface area contributed by atoms with Gasteiger partial charge < -0.3 is 25.3 Å². The zero-order valence-corrected chi connectivity index (χ0v) is 20.5. The molecule has 1 aliphatic heterocycles. The maximum absolute atomic E-state index is 13.5. The number of benzene rings is 3. The molecule has 0 radical (unpaired) electrons. The maximum atomic E-state index is 13.5. The Labute approximate surface area is 214 Å². The lowest BCUT2D eigenvalue weighted by molar-refractivity contribution is -0.139. The molecule has 37 heavy (non-hydrogen) atoms. The van der Waals surface area contributed by atoms with Crippen molar-refractivity contribution in [3.8, 4) is 5.75 Å². The van der Waals surface area contributed by atoms with Crippen LogP contribution in [0.3, 0.4) is 0 Å². The molecule has 3 aromatic carbocycles. The van der Waals surface area contributed by atoms with E-state index in [4.69, 9.17) is 10.5 Å². The number of piperazine rings is 1. The molecule has 0 saturated carbocycles. The number of hydrogen-bond acceptors (Lipinski definition) is 4. The Hall–Kier alpha value is -4.59. The van der Waals surface area contributed by atoms with E-state index in [0.717, 1.165) is 22.0 Å². The number of primary amides is 1. The molecule has 188 valence electrons. The van der Waals surface area contributed by atoms with Crippen LogP contribution < -0.4 is 10.5 Å². The molecule has 0 spiro atoms. The molecule has 4 aromatic rings. The molecule has 0 bridgehead atoms. The highest BCUT2D eigenvalue weighted by atomic mass is 16.5. The summed E-state index contributed by atoms with van der Waals surface area (Å²) in [6, 6.07) is 24.0. The topological polar surface area (TPSA) is 109 Å². The molecular formula is C29H28N4O4. The Balaban J connectivity index is 1.41. The van der Waals surface area contributed by atoms with Gasteiger partial charge in [0.25, 0.3) is 5.91 Å². The van der Waals surface area contributed by atoms with E-state index < -0.39 is 5.91 Å². The van der Waals surface area contributed by atoms with Crippen LogP contribution in [0.25, 0.3) is 10.9 Å². The average Bonchev–Trinajstić information content (AvgIpc) is 3.34. The van der Waals surface area contributed by atoms with Crippen LogP contribution in [0.2, 0.25) is 0 Å². The van der Waals surface area contributed by atoms with Crippen molar-refractivity contribution in [2.24, 2.45) is 5.73 Å². The van der Waals surface area contributed by atoms with Gasteiger partial charge in [0.2, 0.25) is 11.8 Å². The predicted octanol–water partition coefficient (Wildman–Crippen LogP) is 3.37. The number of carbonyl (C=O) groups is 3. The van der Waals surface area contributed by atoms with Crippen LogP contribution in [-0.2, 0) is 17.8 Å². The minimum absolute atomic E-state index is 0.0294. The molecule has 0 aliphatic carbocycles. The number of methoxy groups -OCH3 is 1. The summed E-state index contributed by atoms with van der Waals surface area (Å²) in [6.45, 7) is 0.678. The smallest absolute Gasteiger partial charge is 0.270 e. The van der Waals surface area contributed by atoms with E-state index in [1.165, 1.54) is 0 Å². The van der Waals surface area contributed by atoms with Crippen LogP contribution in [0.4, 0.5) is 0 Å². The maximum Gasteiger partial charge on any atom is 0.270 e. The number of ether oxygens (including phenoxy) is 1. The molecule has 8 nitrogen and oxygen atoms in total. The number of aromatic nitrogens is 1. The SMILES string of the molecule is COc1ccc2[nH]c(C(=O)N3CC(=O)N(Cc4cccc(C(N)=O)c4)[C@@H](Cc4ccccc4)C3)cc2c1. The van der Waals surface area contributed by atoms with Crippen molar-refractivity contribution < 1.29 is 19.1 Å². The quantitative estimate of drug-likeness (QED) is 0.409. The van der Waals surface area contributed by atoms with E-state index >= 15 is 0 Å². The Morgan fingerprint density at radius 2 is 1.78 bits per heavy atom. The largest absolute Gasteiger partial charge is 0.497 e. The molecular weight excluding hydrogens is 468 g/mol. The Morgan fingerprint density at radius 1 is 1.00 bits per heavy atom. The van der Waals surface area contributed by atoms with E-state index in [0.29, 0.717) is 36.5 Å². The van der Waals surface area contributed by atoms with Crippen LogP contribution in [0.5, 0.6) is 5.75 Å². The molecule has 1 saturated heterocycles. The molecule has 2 heterocycles. The van der Waals surface area contributed by atoms with Gasteiger partial charge in [-0.2, -0.15) is 0 Å². The monoisotopic (exact) mass is 496 g/mol. The zero-order valence-electron chi connectivity index (χ0n) is 20.5. The minimum atomic E-state index is -0.514. The molecule has 1 atom stereocenters. The van der Waals surface area contributed by atoms with Crippen molar-refractivity contribution in [2.45, 2.75) is 19.0 Å². The van der Waals surface area contributed by atoms with Crippen LogP contribution in [-0.4, -0.2) is 58.7 Å². The number of amides is 3. The Kier molecular flexibility index (Phi) is 6.64. The fraction of sp³-hybridized carbons (Fsp3) is 0.207. The van der Waals surface area contributed by atoms with Crippen molar-refractivity contribution in [3.05, 3.63) is 101 Å². The van der Waals surface area contributed by atoms with Crippen molar-refractivity contribution in [1.29, 1.82) is 0 Å². The molecule has 8 heteroatoms. The molecule has 5 rings (SSSR count). The predicted molar refractivity (Wildman–Crippen MR) is 140 cm³/mol. The summed E-state index contributed by atoms with van der Waals surface area (Å²) < 4.78 is 5.29. The van der Waals surface area contributed by atoms with Gasteiger partial charge in [-0.1, -0.05) is 42.5 Å². The molecule has 1 aliphatic rings. The number of rotatable bonds is 7. The van der Waals surface area contributed by atoms with Crippen LogP contribution in [0, 0.1) is 0 Å². The summed E-state index contributed by atoms with van der Waals surface area (Å²) in [5.74, 6) is -0.183. The number of carbonyl (C=O) groups excluding carboxylic acids is 3. The molecule has 3 amide bonds. The zero-order chi connectivity index (χ0) is 25.9. The van der Waals surface area contributed by atoms with Gasteiger partial charge in [0.15, 0.2) is 0 Å². The summed E-state index contributed by atoms with van der Waals surface area (Å²) in [5, 5.41) is 0.864. The molecule has 1 fully saturated rings. The standard InChI is InChI=1S/C29H28N4O4/c1-37-24-10-11-25-22(14-24)15-26(31-25)29(36)32-17-23(13-19-6-3-2-4-7-19)33(27(34)18-32)16-20-8-5-9-21(12-20)28(30)35/h2-12,14-15,23,31H,13,16-18H2,1H3,(H2,30,35)/t23-/m0/s1. The lowest BCUT2D eigenvalue weighted by Crippen LogP contribution is -2.58. The van der Waals surface area contributed by atoms with E-state index in [9.17, 15) is 14.4 Å². The number of fused-ring (bicyclic) bond motifs is 1. The van der Waals surface area contributed by atoms with Gasteiger partial charge >= 0.3 is 0 Å². The van der Waals surface area contributed by atoms with E-state index in [2.05, 4.69) is 4.98 Å². The summed E-state index contributed by atoms with van der Waals surface area (Å²) in [6.07, 6.45) is 0.593. The fourth-order valence-electron chi connectivity index (χ4n) is 4.85. The minimum Gasteiger partial charge on any atom is -0.497 e. The first-order valence-corrected chi connectivity index (χ1v) is 12.1. The van der Waals surface area contributed by atoms with Crippen molar-refractivity contribution in [1.82, 2.24) is 14.8 Å². The second-order valence-electron chi connectivity index (χ2n) is 9.25. The van der Waals surface area contributed by atoms with Gasteiger partial charge in [0, 0.05) is 29.6 Å². The first kappa shape index (κ1) is 24.1. The molecule has 1 aromatic heterocycles. The Morgan fingerprint density at radius 3 is 2.54 bits per heavy atom. The number of nitrogens with zero attached hydrogens (tertiary/aromatic N) is 2. The number of nitrogens with one attached hydrogen (secondary N) is 1. The van der Waals surface area contributed by atoms with Crippen molar-refractivity contribution in [2.75, 3.05) is 20.2 Å². The highest BCUT2D eigenvalue weighted by Crippen LogP contribution is 2.24. The molecule has 3 N–H and O–H groups in total. The van der Waals surface area contributed by atoms with E-state index in [1.54, 1.807) is 41.2 Å². The van der Waals surface area contributed by atoms with Gasteiger partial charge in [-0.3, -0.25) is 14.4 Å². The highest BCUT2D eigenvalue weighted by molar-refractivity contribution is 6.00. The number of hydrogen-bond donors (Lipinski definition) is 2. The summed E-state index contributed by atoms with van der Waals surface area (Å²) in [4.78, 5) is 45.2. The highest BCUT2D eigenvalue weighted by Gasteiger charge is 2.35. The number of H-pyrrole nitrogens is 1. The van der Waals surface area contributed by atoms with Gasteiger partial charge in [-0.05, 0) is 53.9 Å². The van der Waals surface area contributed by atoms with Gasteiger partial charge in [-0.15, -0.1) is 0 Å². The second-order valence-corrected chi connectivity index (χ2v) is 9.25. The van der Waals surface area contributed by atoms with Crippen LogP contribution >= 0.6 is 0 Å². The van der Waals surface area contributed by atoms with Gasteiger partial charge in [0.1, 0.15) is 18.0 Å². The second kappa shape index (κ2) is 10.2. The first-order chi connectivity index (χ1) is 17.9. The normalized spacial score (nSPS) is 15.7. The lowest BCUT2D eigenvalue weighted by Gasteiger charge is -2.41. The van der Waals surface area contributed by atoms with Crippen molar-refractivity contribution >= 4 is 28.6 Å². The third-order valence-electron chi connectivity index (χ3n) is 6.74. The third-order valence-corrected chi connectivity index (χ3v) is 6.74. The van der Waals surface area contributed by atoms with Crippen LogP contribution in [0.15, 0.2) is 78.9 Å². The van der Waals surface area contributed by atoms with E-state index in [1.807, 2.05) is 54.6 Å². The number of aromatic amines is 1. The summed E-state index contributed by atoms with van der Waals surface area (Å²) >= 11 is 0. The fourth-order valence-corrected chi connectivity index (χ4v) is 4.85. The first-order valence-electron chi connectivity index (χ1n) is 12.1. The summed E-state index contributed by atoms with van der Waals surface area (Å²) in [7, 11) is 1.60. The Bertz CT molecular complexity index is 1460.